The van der Waals surface area contributed by atoms with Gasteiger partial charge < -0.3 is 5.32 Å². The molecule has 0 aromatic heterocycles. The van der Waals surface area contributed by atoms with Crippen LogP contribution in [0.1, 0.15) is 24.5 Å². The molecule has 1 N–H and O–H groups in total. The monoisotopic (exact) mass is 282 g/mol. The molecule has 1 aromatic rings. The summed E-state index contributed by atoms with van der Waals surface area (Å²) in [6, 6.07) is 5.41. The van der Waals surface area contributed by atoms with E-state index in [-0.39, 0.29) is 6.04 Å². The normalized spacial score (nSPS) is 22.2. The van der Waals surface area contributed by atoms with E-state index in [1.807, 2.05) is 26.8 Å². The number of sulfonamides is 1. The van der Waals surface area contributed by atoms with Crippen LogP contribution >= 0.6 is 0 Å². The average Bonchev–Trinajstić information content (AvgIpc) is 2.57. The Bertz CT molecular complexity index is 555. The molecule has 0 radical (unpaired) electrons. The van der Waals surface area contributed by atoms with Crippen molar-refractivity contribution in [1.82, 2.24) is 9.62 Å². The number of nitrogens with zero attached hydrogens (tertiary/aromatic N) is 1. The van der Waals surface area contributed by atoms with E-state index in [1.54, 1.807) is 16.4 Å². The molecule has 2 rings (SSSR count). The third-order valence-corrected chi connectivity index (χ3v) is 5.83. The van der Waals surface area contributed by atoms with Crippen LogP contribution in [0.3, 0.4) is 0 Å². The molecule has 1 atom stereocenters. The van der Waals surface area contributed by atoms with Crippen LogP contribution in [0.15, 0.2) is 23.1 Å². The highest BCUT2D eigenvalue weighted by Gasteiger charge is 2.29. The zero-order valence-corrected chi connectivity index (χ0v) is 12.6. The van der Waals surface area contributed by atoms with E-state index < -0.39 is 10.0 Å². The molecule has 1 fully saturated rings. The summed E-state index contributed by atoms with van der Waals surface area (Å²) in [5, 5.41) is 3.25. The van der Waals surface area contributed by atoms with Crippen molar-refractivity contribution in [2.75, 3.05) is 19.6 Å². The quantitative estimate of drug-likeness (QED) is 0.898. The third-order valence-electron chi connectivity index (χ3n) is 3.82. The zero-order chi connectivity index (χ0) is 14.0. The van der Waals surface area contributed by atoms with Gasteiger partial charge in [0.05, 0.1) is 4.90 Å². The number of nitrogens with one attached hydrogen (secondary N) is 1. The molecule has 106 valence electrons. The average molecular weight is 282 g/mol. The van der Waals surface area contributed by atoms with Gasteiger partial charge in [0, 0.05) is 19.1 Å². The van der Waals surface area contributed by atoms with Gasteiger partial charge in [-0.2, -0.15) is 4.31 Å². The van der Waals surface area contributed by atoms with Gasteiger partial charge in [-0.25, -0.2) is 8.42 Å². The Morgan fingerprint density at radius 2 is 1.95 bits per heavy atom. The smallest absolute Gasteiger partial charge is 0.243 e. The topological polar surface area (TPSA) is 49.4 Å². The van der Waals surface area contributed by atoms with E-state index in [2.05, 4.69) is 5.32 Å². The zero-order valence-electron chi connectivity index (χ0n) is 11.8. The highest BCUT2D eigenvalue weighted by atomic mass is 32.2. The minimum Gasteiger partial charge on any atom is -0.315 e. The van der Waals surface area contributed by atoms with E-state index in [1.165, 1.54) is 0 Å². The first-order valence-electron chi connectivity index (χ1n) is 6.73. The lowest BCUT2D eigenvalue weighted by molar-refractivity contribution is 0.350. The van der Waals surface area contributed by atoms with Crippen molar-refractivity contribution in [3.63, 3.8) is 0 Å². The van der Waals surface area contributed by atoms with Gasteiger partial charge >= 0.3 is 0 Å². The van der Waals surface area contributed by atoms with Crippen molar-refractivity contribution in [3.05, 3.63) is 29.3 Å². The Balaban J connectivity index is 2.37. The Morgan fingerprint density at radius 3 is 2.63 bits per heavy atom. The molecule has 4 nitrogen and oxygen atoms in total. The van der Waals surface area contributed by atoms with Crippen molar-refractivity contribution >= 4 is 10.0 Å². The predicted octanol–water partition coefficient (Wildman–Crippen LogP) is 1.68. The summed E-state index contributed by atoms with van der Waals surface area (Å²) in [5.74, 6) is 0. The third kappa shape index (κ3) is 2.99. The van der Waals surface area contributed by atoms with Crippen molar-refractivity contribution in [2.24, 2.45) is 0 Å². The summed E-state index contributed by atoms with van der Waals surface area (Å²) in [6.07, 6.45) is 0.851. The molecule has 0 amide bonds. The maximum atomic E-state index is 12.7. The summed E-state index contributed by atoms with van der Waals surface area (Å²) in [7, 11) is -3.38. The summed E-state index contributed by atoms with van der Waals surface area (Å²) in [6.45, 7) is 8.04. The molecule has 5 heteroatoms. The molecule has 0 saturated carbocycles. The minimum atomic E-state index is -3.38. The Morgan fingerprint density at radius 1 is 1.21 bits per heavy atom. The maximum absolute atomic E-state index is 12.7. The molecule has 0 aliphatic carbocycles. The van der Waals surface area contributed by atoms with Crippen molar-refractivity contribution in [1.29, 1.82) is 0 Å². The maximum Gasteiger partial charge on any atom is 0.243 e. The summed E-state index contributed by atoms with van der Waals surface area (Å²) < 4.78 is 27.0. The van der Waals surface area contributed by atoms with Crippen LogP contribution in [-0.2, 0) is 10.0 Å². The van der Waals surface area contributed by atoms with Crippen LogP contribution in [0.25, 0.3) is 0 Å². The fraction of sp³-hybridized carbons (Fsp3) is 0.571. The van der Waals surface area contributed by atoms with Gasteiger partial charge in [0.15, 0.2) is 0 Å². The van der Waals surface area contributed by atoms with Crippen LogP contribution in [0.5, 0.6) is 0 Å². The number of rotatable bonds is 2. The first-order chi connectivity index (χ1) is 8.93. The second-order valence-corrected chi connectivity index (χ2v) is 7.14. The molecule has 1 saturated heterocycles. The van der Waals surface area contributed by atoms with E-state index in [0.717, 1.165) is 24.1 Å². The fourth-order valence-corrected chi connectivity index (χ4v) is 4.10. The largest absolute Gasteiger partial charge is 0.315 e. The van der Waals surface area contributed by atoms with Crippen LogP contribution in [0.2, 0.25) is 0 Å². The first kappa shape index (κ1) is 14.5. The lowest BCUT2D eigenvalue weighted by atomic mass is 10.1. The molecule has 1 heterocycles. The van der Waals surface area contributed by atoms with Crippen molar-refractivity contribution in [3.8, 4) is 0 Å². The number of benzene rings is 1. The molecule has 0 bridgehead atoms. The van der Waals surface area contributed by atoms with Crippen molar-refractivity contribution in [2.45, 2.75) is 38.1 Å². The lowest BCUT2D eigenvalue weighted by Crippen LogP contribution is -2.39. The number of hydrogen-bond donors (Lipinski definition) is 1. The van der Waals surface area contributed by atoms with Gasteiger partial charge in [0.1, 0.15) is 0 Å². The first-order valence-corrected chi connectivity index (χ1v) is 8.17. The Labute approximate surface area is 115 Å². The molecule has 19 heavy (non-hydrogen) atoms. The van der Waals surface area contributed by atoms with Gasteiger partial charge in [0.2, 0.25) is 10.0 Å². The molecule has 1 aliphatic heterocycles. The van der Waals surface area contributed by atoms with E-state index in [0.29, 0.717) is 18.0 Å². The van der Waals surface area contributed by atoms with Gasteiger partial charge in [-0.3, -0.25) is 0 Å². The van der Waals surface area contributed by atoms with Gasteiger partial charge in [0.25, 0.3) is 0 Å². The van der Waals surface area contributed by atoms with Crippen LogP contribution in [0, 0.1) is 13.8 Å². The summed E-state index contributed by atoms with van der Waals surface area (Å²) in [5.41, 5.74) is 2.13. The SMILES string of the molecule is Cc1ccc(S(=O)(=O)N2CCNCCC2C)cc1C. The fourth-order valence-electron chi connectivity index (χ4n) is 2.36. The highest BCUT2D eigenvalue weighted by molar-refractivity contribution is 7.89. The highest BCUT2D eigenvalue weighted by Crippen LogP contribution is 2.22. The second-order valence-electron chi connectivity index (χ2n) is 5.25. The van der Waals surface area contributed by atoms with E-state index in [4.69, 9.17) is 0 Å². The second kappa shape index (κ2) is 5.61. The molecule has 0 spiro atoms. The summed E-state index contributed by atoms with van der Waals surface area (Å²) >= 11 is 0. The van der Waals surface area contributed by atoms with Crippen LogP contribution in [-0.4, -0.2) is 38.4 Å². The minimum absolute atomic E-state index is 0.0432. The lowest BCUT2D eigenvalue weighted by Gasteiger charge is -2.26. The van der Waals surface area contributed by atoms with Crippen molar-refractivity contribution < 1.29 is 8.42 Å². The number of hydrogen-bond acceptors (Lipinski definition) is 3. The Hall–Kier alpha value is -0.910. The molecular formula is C14H22N2O2S. The molecule has 1 aromatic carbocycles. The van der Waals surface area contributed by atoms with Crippen LogP contribution in [0.4, 0.5) is 0 Å². The number of aryl methyl sites for hydroxylation is 2. The van der Waals surface area contributed by atoms with Gasteiger partial charge in [-0.05, 0) is 57.0 Å². The Kier molecular flexibility index (Phi) is 4.28. The standard InChI is InChI=1S/C14H22N2O2S/c1-11-4-5-14(10-12(11)2)19(17,18)16-9-8-15-7-6-13(16)3/h4-5,10,13,15H,6-9H2,1-3H3. The predicted molar refractivity (Wildman–Crippen MR) is 76.8 cm³/mol. The summed E-state index contributed by atoms with van der Waals surface area (Å²) in [4.78, 5) is 0.407. The molecule has 1 unspecified atom stereocenters. The van der Waals surface area contributed by atoms with Gasteiger partial charge in [-0.15, -0.1) is 0 Å². The van der Waals surface area contributed by atoms with E-state index in [9.17, 15) is 8.42 Å². The van der Waals surface area contributed by atoms with Crippen LogP contribution < -0.4 is 5.32 Å². The van der Waals surface area contributed by atoms with E-state index >= 15 is 0 Å². The van der Waals surface area contributed by atoms with Gasteiger partial charge in [-0.1, -0.05) is 6.07 Å². The molecular weight excluding hydrogens is 260 g/mol. The molecule has 1 aliphatic rings.